The average Bonchev–Trinajstić information content (AvgIpc) is 2.89. The van der Waals surface area contributed by atoms with Crippen molar-refractivity contribution in [1.82, 2.24) is 14.9 Å². The van der Waals surface area contributed by atoms with Gasteiger partial charge >= 0.3 is 12.1 Å². The molecule has 0 aliphatic heterocycles. The van der Waals surface area contributed by atoms with Crippen LogP contribution in [0.2, 0.25) is 4.47 Å². The highest BCUT2D eigenvalue weighted by Gasteiger charge is 2.16. The zero-order valence-corrected chi connectivity index (χ0v) is 14.6. The van der Waals surface area contributed by atoms with Crippen LogP contribution in [-0.2, 0) is 6.54 Å². The van der Waals surface area contributed by atoms with Gasteiger partial charge in [0.15, 0.2) is 4.47 Å². The van der Waals surface area contributed by atoms with Gasteiger partial charge in [-0.05, 0) is 26.0 Å². The molecule has 0 bridgehead atoms. The van der Waals surface area contributed by atoms with Gasteiger partial charge in [0.25, 0.3) is 0 Å². The predicted octanol–water partition coefficient (Wildman–Crippen LogP) is 3.72. The Morgan fingerprint density at radius 2 is 2.00 bits per heavy atom. The SMILES string of the molecule is CC(C)N(Cc1cccc(NC(=O)Nc2csc(Cl)n2)n1)C(=O)O. The maximum Gasteiger partial charge on any atom is 0.407 e. The van der Waals surface area contributed by atoms with Gasteiger partial charge in [0.05, 0.1) is 12.2 Å². The van der Waals surface area contributed by atoms with Gasteiger partial charge in [0, 0.05) is 11.4 Å². The van der Waals surface area contributed by atoms with Gasteiger partial charge in [-0.3, -0.25) is 10.6 Å². The minimum Gasteiger partial charge on any atom is -0.465 e. The lowest BCUT2D eigenvalue weighted by atomic mass is 10.3. The van der Waals surface area contributed by atoms with Crippen LogP contribution in [0.1, 0.15) is 19.5 Å². The molecule has 3 N–H and O–H groups in total. The van der Waals surface area contributed by atoms with Crippen LogP contribution in [0.3, 0.4) is 0 Å². The summed E-state index contributed by atoms with van der Waals surface area (Å²) in [4.78, 5) is 32.5. The number of thiazole rings is 1. The van der Waals surface area contributed by atoms with Gasteiger partial charge in [-0.15, -0.1) is 11.3 Å². The van der Waals surface area contributed by atoms with Crippen molar-refractivity contribution >= 4 is 46.7 Å². The number of amides is 3. The molecule has 128 valence electrons. The third-order valence-corrected chi connectivity index (χ3v) is 3.95. The molecule has 0 saturated carbocycles. The van der Waals surface area contributed by atoms with Crippen LogP contribution >= 0.6 is 22.9 Å². The quantitative estimate of drug-likeness (QED) is 0.744. The minimum absolute atomic E-state index is 0.131. The van der Waals surface area contributed by atoms with E-state index in [1.807, 2.05) is 0 Å². The van der Waals surface area contributed by atoms with E-state index in [9.17, 15) is 14.7 Å². The van der Waals surface area contributed by atoms with E-state index in [4.69, 9.17) is 11.6 Å². The molecule has 24 heavy (non-hydrogen) atoms. The summed E-state index contributed by atoms with van der Waals surface area (Å²) < 4.78 is 0.327. The van der Waals surface area contributed by atoms with E-state index < -0.39 is 12.1 Å². The standard InChI is InChI=1S/C14H16ClN5O3S/c1-8(2)20(14(22)23)6-9-4-3-5-10(16-9)18-13(21)19-11-7-24-12(15)17-11/h3-5,7-8H,6H2,1-2H3,(H,22,23)(H2,16,18,19,21). The normalized spacial score (nSPS) is 10.5. The average molecular weight is 370 g/mol. The van der Waals surface area contributed by atoms with Gasteiger partial charge in [-0.1, -0.05) is 17.7 Å². The van der Waals surface area contributed by atoms with Crippen molar-refractivity contribution in [3.63, 3.8) is 0 Å². The second-order valence-electron chi connectivity index (χ2n) is 5.08. The molecule has 0 aliphatic rings. The van der Waals surface area contributed by atoms with Crippen LogP contribution in [0, 0.1) is 0 Å². The molecule has 0 saturated heterocycles. The molecule has 0 atom stereocenters. The fraction of sp³-hybridized carbons (Fsp3) is 0.286. The number of urea groups is 1. The maximum absolute atomic E-state index is 11.9. The molecule has 8 nitrogen and oxygen atoms in total. The van der Waals surface area contributed by atoms with E-state index in [0.717, 1.165) is 0 Å². The molecule has 0 aromatic carbocycles. The smallest absolute Gasteiger partial charge is 0.407 e. The third-order valence-electron chi connectivity index (χ3n) is 2.97. The van der Waals surface area contributed by atoms with E-state index in [2.05, 4.69) is 20.6 Å². The Kier molecular flexibility index (Phi) is 5.93. The van der Waals surface area contributed by atoms with Crippen molar-refractivity contribution < 1.29 is 14.7 Å². The van der Waals surface area contributed by atoms with E-state index in [1.165, 1.54) is 16.2 Å². The van der Waals surface area contributed by atoms with E-state index >= 15 is 0 Å². The number of hydrogen-bond donors (Lipinski definition) is 3. The van der Waals surface area contributed by atoms with Gasteiger partial charge in [0.2, 0.25) is 0 Å². The lowest BCUT2D eigenvalue weighted by molar-refractivity contribution is 0.127. The molecule has 2 rings (SSSR count). The molecule has 0 aliphatic carbocycles. The van der Waals surface area contributed by atoms with Crippen LogP contribution < -0.4 is 10.6 Å². The number of halogens is 1. The van der Waals surface area contributed by atoms with E-state index in [0.29, 0.717) is 21.8 Å². The Balaban J connectivity index is 2.01. The van der Waals surface area contributed by atoms with Crippen molar-refractivity contribution in [1.29, 1.82) is 0 Å². The van der Waals surface area contributed by atoms with Crippen LogP contribution in [-0.4, -0.2) is 38.1 Å². The number of anilines is 2. The summed E-state index contributed by atoms with van der Waals surface area (Å²) in [6.45, 7) is 3.69. The Labute approximate surface area is 147 Å². The molecular formula is C14H16ClN5O3S. The summed E-state index contributed by atoms with van der Waals surface area (Å²) in [5.41, 5.74) is 0.528. The number of carboxylic acid groups (broad SMARTS) is 1. The summed E-state index contributed by atoms with van der Waals surface area (Å²) in [5, 5.41) is 15.9. The number of pyridine rings is 1. The minimum atomic E-state index is -1.02. The summed E-state index contributed by atoms with van der Waals surface area (Å²) in [7, 11) is 0. The Hall–Kier alpha value is -2.39. The number of hydrogen-bond acceptors (Lipinski definition) is 5. The second kappa shape index (κ2) is 7.93. The van der Waals surface area contributed by atoms with Gasteiger partial charge in [-0.2, -0.15) is 0 Å². The summed E-state index contributed by atoms with van der Waals surface area (Å²) in [6, 6.07) is 4.30. The Morgan fingerprint density at radius 3 is 2.58 bits per heavy atom. The summed E-state index contributed by atoms with van der Waals surface area (Å²) in [6.07, 6.45) is -1.02. The number of aromatic nitrogens is 2. The first-order valence-electron chi connectivity index (χ1n) is 6.99. The number of nitrogens with one attached hydrogen (secondary N) is 2. The van der Waals surface area contributed by atoms with Gasteiger partial charge in [0.1, 0.15) is 11.6 Å². The fourth-order valence-electron chi connectivity index (χ4n) is 1.86. The summed E-state index contributed by atoms with van der Waals surface area (Å²) in [5.74, 6) is 0.649. The van der Waals surface area contributed by atoms with E-state index in [-0.39, 0.29) is 12.6 Å². The largest absolute Gasteiger partial charge is 0.465 e. The van der Waals surface area contributed by atoms with Crippen molar-refractivity contribution in [2.75, 3.05) is 10.6 Å². The first kappa shape index (κ1) is 18.0. The maximum atomic E-state index is 11.9. The van der Waals surface area contributed by atoms with Crippen molar-refractivity contribution in [3.05, 3.63) is 33.7 Å². The topological polar surface area (TPSA) is 107 Å². The van der Waals surface area contributed by atoms with Crippen molar-refractivity contribution in [2.45, 2.75) is 26.4 Å². The zero-order valence-electron chi connectivity index (χ0n) is 13.0. The molecule has 0 unspecified atom stereocenters. The Bertz CT molecular complexity index is 737. The molecule has 0 radical (unpaired) electrons. The van der Waals surface area contributed by atoms with Crippen molar-refractivity contribution in [3.8, 4) is 0 Å². The van der Waals surface area contributed by atoms with Crippen LogP contribution in [0.25, 0.3) is 0 Å². The number of carbonyl (C=O) groups is 2. The van der Waals surface area contributed by atoms with Gasteiger partial charge < -0.3 is 10.0 Å². The first-order valence-corrected chi connectivity index (χ1v) is 8.25. The molecule has 0 spiro atoms. The zero-order chi connectivity index (χ0) is 17.7. The van der Waals surface area contributed by atoms with Crippen LogP contribution in [0.15, 0.2) is 23.6 Å². The van der Waals surface area contributed by atoms with Crippen LogP contribution in [0.5, 0.6) is 0 Å². The highest BCUT2D eigenvalue weighted by atomic mass is 35.5. The number of rotatable bonds is 5. The fourth-order valence-corrected chi connectivity index (χ4v) is 2.55. The molecule has 2 aromatic rings. The lowest BCUT2D eigenvalue weighted by Crippen LogP contribution is -2.35. The predicted molar refractivity (Wildman–Crippen MR) is 92.7 cm³/mol. The van der Waals surface area contributed by atoms with Crippen molar-refractivity contribution in [2.24, 2.45) is 0 Å². The third kappa shape index (κ3) is 5.07. The molecule has 2 heterocycles. The highest BCUT2D eigenvalue weighted by molar-refractivity contribution is 7.14. The second-order valence-corrected chi connectivity index (χ2v) is 6.52. The van der Waals surface area contributed by atoms with Gasteiger partial charge in [-0.25, -0.2) is 19.6 Å². The molecule has 10 heteroatoms. The monoisotopic (exact) mass is 369 g/mol. The summed E-state index contributed by atoms with van der Waals surface area (Å²) >= 11 is 6.90. The first-order chi connectivity index (χ1) is 11.3. The Morgan fingerprint density at radius 1 is 1.29 bits per heavy atom. The van der Waals surface area contributed by atoms with E-state index in [1.54, 1.807) is 37.4 Å². The lowest BCUT2D eigenvalue weighted by Gasteiger charge is -2.23. The highest BCUT2D eigenvalue weighted by Crippen LogP contribution is 2.18. The molecular weight excluding hydrogens is 354 g/mol. The van der Waals surface area contributed by atoms with Crippen LogP contribution in [0.4, 0.5) is 21.2 Å². The number of nitrogens with zero attached hydrogens (tertiary/aromatic N) is 3. The molecule has 0 fully saturated rings. The molecule has 3 amide bonds. The molecule has 2 aromatic heterocycles. The number of carbonyl (C=O) groups excluding carboxylic acids is 1.